The lowest BCUT2D eigenvalue weighted by Crippen LogP contribution is -2.38. The normalized spacial score (nSPS) is 15.7. The highest BCUT2D eigenvalue weighted by Gasteiger charge is 2.30. The summed E-state index contributed by atoms with van der Waals surface area (Å²) in [5.41, 5.74) is 0.631. The third kappa shape index (κ3) is 5.89. The molecule has 9 heteroatoms. The van der Waals surface area contributed by atoms with Crippen molar-refractivity contribution < 1.29 is 26.8 Å². The lowest BCUT2D eigenvalue weighted by atomic mass is 10.1. The zero-order chi connectivity index (χ0) is 21.1. The molecule has 0 N–H and O–H groups in total. The van der Waals surface area contributed by atoms with E-state index in [4.69, 9.17) is 9.26 Å². The van der Waals surface area contributed by atoms with Crippen LogP contribution in [0.4, 0.5) is 17.6 Å². The number of fused-ring (bicyclic) bond motifs is 1. The molecule has 4 nitrogen and oxygen atoms in total. The van der Waals surface area contributed by atoms with Crippen LogP contribution in [0.15, 0.2) is 47.0 Å². The van der Waals surface area contributed by atoms with Gasteiger partial charge in [-0.05, 0) is 68.6 Å². The highest BCUT2D eigenvalue weighted by molar-refractivity contribution is 5.85. The number of aryl methyl sites for hydroxylation is 1. The summed E-state index contributed by atoms with van der Waals surface area (Å²) in [5.74, 6) is 0.127. The molecule has 3 aromatic rings. The summed E-state index contributed by atoms with van der Waals surface area (Å²) in [5, 5.41) is 4.90. The summed E-state index contributed by atoms with van der Waals surface area (Å²) < 4.78 is 62.2. The Morgan fingerprint density at radius 3 is 2.45 bits per heavy atom. The molecule has 168 valence electrons. The Labute approximate surface area is 183 Å². The van der Waals surface area contributed by atoms with Gasteiger partial charge >= 0.3 is 6.18 Å². The van der Waals surface area contributed by atoms with E-state index >= 15 is 0 Å². The first kappa shape index (κ1) is 23.3. The van der Waals surface area contributed by atoms with Gasteiger partial charge in [-0.25, -0.2) is 4.39 Å². The number of alkyl halides is 3. The van der Waals surface area contributed by atoms with Crippen LogP contribution < -0.4 is 4.74 Å². The maximum Gasteiger partial charge on any atom is 0.416 e. The highest BCUT2D eigenvalue weighted by Crippen LogP contribution is 2.31. The van der Waals surface area contributed by atoms with Crippen LogP contribution in [-0.4, -0.2) is 35.8 Å². The van der Waals surface area contributed by atoms with Crippen LogP contribution in [0.2, 0.25) is 0 Å². The molecule has 0 saturated carbocycles. The maximum atomic E-state index is 13.2. The summed E-state index contributed by atoms with van der Waals surface area (Å²) in [6.07, 6.45) is -1.02. The molecular formula is C22H23ClF4N2O2. The van der Waals surface area contributed by atoms with Gasteiger partial charge in [0.05, 0.1) is 11.3 Å². The zero-order valence-corrected chi connectivity index (χ0v) is 17.5. The highest BCUT2D eigenvalue weighted by atomic mass is 35.5. The number of nitrogens with zero attached hydrogens (tertiary/aromatic N) is 2. The van der Waals surface area contributed by atoms with E-state index in [1.807, 2.05) is 0 Å². The van der Waals surface area contributed by atoms with E-state index in [9.17, 15) is 17.6 Å². The number of aromatic nitrogens is 1. The van der Waals surface area contributed by atoms with Crippen molar-refractivity contribution in [2.45, 2.75) is 38.0 Å². The molecular weight excluding hydrogens is 436 g/mol. The lowest BCUT2D eigenvalue weighted by molar-refractivity contribution is -0.137. The van der Waals surface area contributed by atoms with E-state index in [0.29, 0.717) is 11.3 Å². The van der Waals surface area contributed by atoms with Gasteiger partial charge in [-0.3, -0.25) is 0 Å². The summed E-state index contributed by atoms with van der Waals surface area (Å²) in [4.78, 5) is 2.34. The zero-order valence-electron chi connectivity index (χ0n) is 16.7. The Hall–Kier alpha value is -2.32. The third-order valence-electron chi connectivity index (χ3n) is 5.42. The van der Waals surface area contributed by atoms with Gasteiger partial charge in [0.2, 0.25) is 0 Å². The predicted molar refractivity (Wildman–Crippen MR) is 111 cm³/mol. The van der Waals surface area contributed by atoms with E-state index in [0.717, 1.165) is 68.5 Å². The van der Waals surface area contributed by atoms with Crippen LogP contribution in [-0.2, 0) is 12.6 Å². The van der Waals surface area contributed by atoms with E-state index < -0.39 is 11.7 Å². The number of halogens is 5. The molecule has 2 heterocycles. The number of benzene rings is 2. The monoisotopic (exact) mass is 458 g/mol. The minimum atomic E-state index is -4.33. The Bertz CT molecular complexity index is 983. The molecule has 0 bridgehead atoms. The lowest BCUT2D eigenvalue weighted by Gasteiger charge is -2.32. The second-order valence-corrected chi connectivity index (χ2v) is 7.55. The van der Waals surface area contributed by atoms with Crippen molar-refractivity contribution in [2.24, 2.45) is 0 Å². The van der Waals surface area contributed by atoms with E-state index in [2.05, 4.69) is 10.1 Å². The fourth-order valence-electron chi connectivity index (χ4n) is 3.78. The van der Waals surface area contributed by atoms with Crippen LogP contribution >= 0.6 is 12.4 Å². The smallest absolute Gasteiger partial charge is 0.416 e. The molecule has 0 unspecified atom stereocenters. The largest absolute Gasteiger partial charge is 0.490 e. The fourth-order valence-corrected chi connectivity index (χ4v) is 3.78. The average molecular weight is 459 g/mol. The van der Waals surface area contributed by atoms with Gasteiger partial charge in [0.1, 0.15) is 17.7 Å². The van der Waals surface area contributed by atoms with Crippen molar-refractivity contribution in [1.82, 2.24) is 10.1 Å². The average Bonchev–Trinajstić information content (AvgIpc) is 3.11. The van der Waals surface area contributed by atoms with Crippen molar-refractivity contribution in [3.63, 3.8) is 0 Å². The number of hydrogen-bond acceptors (Lipinski definition) is 4. The number of rotatable bonds is 6. The SMILES string of the molecule is Cl.Fc1ccc2c(CCCN3CCC(Oc4ccc(C(F)(F)F)cc4)CC3)noc2c1. The van der Waals surface area contributed by atoms with Crippen molar-refractivity contribution in [3.8, 4) is 5.75 Å². The topological polar surface area (TPSA) is 38.5 Å². The van der Waals surface area contributed by atoms with Gasteiger partial charge in [-0.15, -0.1) is 12.4 Å². The second kappa shape index (κ2) is 9.87. The quantitative estimate of drug-likeness (QED) is 0.432. The molecule has 1 aliphatic rings. The molecule has 4 rings (SSSR count). The van der Waals surface area contributed by atoms with Crippen LogP contribution in [0.1, 0.15) is 30.5 Å². The first-order valence-corrected chi connectivity index (χ1v) is 9.98. The van der Waals surface area contributed by atoms with Gasteiger partial charge in [0.25, 0.3) is 0 Å². The number of ether oxygens (including phenoxy) is 1. The summed E-state index contributed by atoms with van der Waals surface area (Å²) >= 11 is 0. The molecule has 0 aliphatic carbocycles. The van der Waals surface area contributed by atoms with Crippen molar-refractivity contribution >= 4 is 23.4 Å². The molecule has 2 aromatic carbocycles. The Kier molecular flexibility index (Phi) is 7.43. The Morgan fingerprint density at radius 1 is 1.06 bits per heavy atom. The van der Waals surface area contributed by atoms with Gasteiger partial charge < -0.3 is 14.2 Å². The second-order valence-electron chi connectivity index (χ2n) is 7.55. The number of piperidine rings is 1. The Morgan fingerprint density at radius 2 is 1.77 bits per heavy atom. The molecule has 0 atom stereocenters. The minimum Gasteiger partial charge on any atom is -0.490 e. The third-order valence-corrected chi connectivity index (χ3v) is 5.42. The van der Waals surface area contributed by atoms with Crippen LogP contribution in [0.3, 0.4) is 0 Å². The van der Waals surface area contributed by atoms with Gasteiger partial charge in [-0.2, -0.15) is 13.2 Å². The predicted octanol–water partition coefficient (Wildman–Crippen LogP) is 5.88. The van der Waals surface area contributed by atoms with E-state index in [1.165, 1.54) is 24.3 Å². The first-order valence-electron chi connectivity index (χ1n) is 9.98. The fraction of sp³-hybridized carbons (Fsp3) is 0.409. The van der Waals surface area contributed by atoms with Crippen molar-refractivity contribution in [3.05, 3.63) is 59.5 Å². The molecule has 1 saturated heterocycles. The van der Waals surface area contributed by atoms with Crippen molar-refractivity contribution in [2.75, 3.05) is 19.6 Å². The minimum absolute atomic E-state index is 0. The number of hydrogen-bond donors (Lipinski definition) is 0. The van der Waals surface area contributed by atoms with Gasteiger partial charge in [0, 0.05) is 24.5 Å². The molecule has 0 spiro atoms. The van der Waals surface area contributed by atoms with Gasteiger partial charge in [0.15, 0.2) is 5.58 Å². The standard InChI is InChI=1S/C22H22F4N2O2.ClH/c23-16-5-8-19-20(27-30-21(19)14-16)2-1-11-28-12-9-18(10-13-28)29-17-6-3-15(4-7-17)22(24,25)26;/h3-8,14,18H,1-2,9-13H2;1H. The maximum absolute atomic E-state index is 13.2. The molecule has 0 amide bonds. The molecule has 1 aliphatic heterocycles. The van der Waals surface area contributed by atoms with Crippen LogP contribution in [0.5, 0.6) is 5.75 Å². The van der Waals surface area contributed by atoms with Crippen LogP contribution in [0, 0.1) is 5.82 Å². The molecule has 31 heavy (non-hydrogen) atoms. The summed E-state index contributed by atoms with van der Waals surface area (Å²) in [6.45, 7) is 2.65. The summed E-state index contributed by atoms with van der Waals surface area (Å²) in [7, 11) is 0. The van der Waals surface area contributed by atoms with Crippen molar-refractivity contribution in [1.29, 1.82) is 0 Å². The summed E-state index contributed by atoms with van der Waals surface area (Å²) in [6, 6.07) is 9.30. The van der Waals surface area contributed by atoms with E-state index in [-0.39, 0.29) is 24.3 Å². The molecule has 1 fully saturated rings. The number of likely N-dealkylation sites (tertiary alicyclic amines) is 1. The van der Waals surface area contributed by atoms with Gasteiger partial charge in [-0.1, -0.05) is 5.16 Å². The first-order chi connectivity index (χ1) is 14.4. The van der Waals surface area contributed by atoms with Crippen LogP contribution in [0.25, 0.3) is 11.0 Å². The molecule has 0 radical (unpaired) electrons. The molecule has 1 aromatic heterocycles. The Balaban J connectivity index is 0.00000272. The van der Waals surface area contributed by atoms with E-state index in [1.54, 1.807) is 6.07 Å².